The second-order valence-electron chi connectivity index (χ2n) is 3.61. The third-order valence-corrected chi connectivity index (χ3v) is 3.17. The summed E-state index contributed by atoms with van der Waals surface area (Å²) in [6.45, 7) is 3.87. The Labute approximate surface area is 105 Å². The summed E-state index contributed by atoms with van der Waals surface area (Å²) in [7, 11) is 0. The summed E-state index contributed by atoms with van der Waals surface area (Å²) in [6, 6.07) is 7.90. The smallest absolute Gasteiger partial charge is 0.285 e. The van der Waals surface area contributed by atoms with E-state index in [1.165, 1.54) is 12.1 Å². The summed E-state index contributed by atoms with van der Waals surface area (Å²) in [6.07, 6.45) is 1.81. The number of benzene rings is 1. The van der Waals surface area contributed by atoms with Crippen LogP contribution in [0.1, 0.15) is 5.56 Å². The van der Waals surface area contributed by atoms with Crippen LogP contribution in [-0.4, -0.2) is 24.6 Å². The van der Waals surface area contributed by atoms with Gasteiger partial charge in [-0.15, -0.1) is 6.58 Å². The molecule has 0 radical (unpaired) electrons. The molecule has 0 unspecified atom stereocenters. The summed E-state index contributed by atoms with van der Waals surface area (Å²) in [5.74, 6) is -1.13. The van der Waals surface area contributed by atoms with Gasteiger partial charge < -0.3 is 5.32 Å². The monoisotopic (exact) mass is 257 g/mol. The maximum absolute atomic E-state index is 13.6. The van der Waals surface area contributed by atoms with Crippen LogP contribution in [0.4, 0.5) is 8.78 Å². The highest BCUT2D eigenvalue weighted by Crippen LogP contribution is 2.26. The lowest BCUT2D eigenvalue weighted by Crippen LogP contribution is -2.32. The fourth-order valence-electron chi connectivity index (χ4n) is 1.34. The predicted molar refractivity (Wildman–Crippen MR) is 70.7 cm³/mol. The van der Waals surface area contributed by atoms with Gasteiger partial charge in [-0.05, 0) is 0 Å². The molecule has 0 aliphatic carbocycles. The third kappa shape index (κ3) is 5.33. The van der Waals surface area contributed by atoms with Gasteiger partial charge in [-0.1, -0.05) is 36.4 Å². The van der Waals surface area contributed by atoms with E-state index in [-0.39, 0.29) is 12.1 Å². The molecule has 1 rings (SSSR count). The molecule has 0 bridgehead atoms. The molecule has 1 aromatic rings. The van der Waals surface area contributed by atoms with E-state index < -0.39 is 5.92 Å². The van der Waals surface area contributed by atoms with Crippen molar-refractivity contribution in [3.8, 4) is 0 Å². The average molecular weight is 257 g/mol. The van der Waals surface area contributed by atoms with Crippen LogP contribution in [0.25, 0.3) is 0 Å². The van der Waals surface area contributed by atoms with Crippen LogP contribution in [0.15, 0.2) is 43.0 Å². The highest BCUT2D eigenvalue weighted by molar-refractivity contribution is 7.99. The first kappa shape index (κ1) is 14.2. The van der Waals surface area contributed by atoms with Crippen LogP contribution < -0.4 is 5.32 Å². The minimum atomic E-state index is -2.80. The Bertz CT molecular complexity index is 327. The molecule has 0 heterocycles. The molecule has 94 valence electrons. The summed E-state index contributed by atoms with van der Waals surface area (Å²) in [5.41, 5.74) is 0.0613. The summed E-state index contributed by atoms with van der Waals surface area (Å²) < 4.78 is 27.3. The summed E-state index contributed by atoms with van der Waals surface area (Å²) in [4.78, 5) is 0. The Hall–Kier alpha value is -0.870. The van der Waals surface area contributed by atoms with Gasteiger partial charge in [-0.2, -0.15) is 20.5 Å². The molecule has 1 nitrogen and oxygen atoms in total. The molecular formula is C13H17F2NS. The zero-order valence-corrected chi connectivity index (χ0v) is 10.5. The van der Waals surface area contributed by atoms with E-state index in [2.05, 4.69) is 11.9 Å². The van der Waals surface area contributed by atoms with Gasteiger partial charge >= 0.3 is 0 Å². The van der Waals surface area contributed by atoms with Crippen LogP contribution in [0, 0.1) is 0 Å². The Morgan fingerprint density at radius 1 is 1.29 bits per heavy atom. The van der Waals surface area contributed by atoms with Gasteiger partial charge in [0.15, 0.2) is 0 Å². The fraction of sp³-hybridized carbons (Fsp3) is 0.385. The van der Waals surface area contributed by atoms with Crippen molar-refractivity contribution in [2.45, 2.75) is 5.92 Å². The maximum atomic E-state index is 13.6. The predicted octanol–water partition coefficient (Wildman–Crippen LogP) is 3.29. The Morgan fingerprint density at radius 2 is 2.00 bits per heavy atom. The molecule has 0 aliphatic rings. The number of halogens is 2. The van der Waals surface area contributed by atoms with Gasteiger partial charge in [0.1, 0.15) is 0 Å². The highest BCUT2D eigenvalue weighted by Gasteiger charge is 2.30. The van der Waals surface area contributed by atoms with Crippen molar-refractivity contribution < 1.29 is 8.78 Å². The van der Waals surface area contributed by atoms with Crippen molar-refractivity contribution in [3.63, 3.8) is 0 Å². The van der Waals surface area contributed by atoms with Gasteiger partial charge in [-0.3, -0.25) is 0 Å². The minimum Gasteiger partial charge on any atom is -0.310 e. The van der Waals surface area contributed by atoms with E-state index in [1.807, 2.05) is 6.08 Å². The Kier molecular flexibility index (Phi) is 6.22. The Balaban J connectivity index is 2.28. The van der Waals surface area contributed by atoms with E-state index in [0.717, 1.165) is 11.5 Å². The molecule has 0 spiro atoms. The maximum Gasteiger partial charge on any atom is 0.285 e. The molecule has 17 heavy (non-hydrogen) atoms. The van der Waals surface area contributed by atoms with Crippen molar-refractivity contribution in [2.24, 2.45) is 0 Å². The van der Waals surface area contributed by atoms with E-state index >= 15 is 0 Å². The summed E-state index contributed by atoms with van der Waals surface area (Å²) >= 11 is 1.67. The van der Waals surface area contributed by atoms with Crippen LogP contribution in [0.5, 0.6) is 0 Å². The number of nitrogens with one attached hydrogen (secondary N) is 1. The number of rotatable bonds is 8. The molecule has 0 amide bonds. The van der Waals surface area contributed by atoms with Crippen molar-refractivity contribution in [1.29, 1.82) is 0 Å². The molecule has 4 heteroatoms. The topological polar surface area (TPSA) is 12.0 Å². The molecule has 0 atom stereocenters. The molecule has 1 N–H and O–H groups in total. The van der Waals surface area contributed by atoms with Crippen molar-refractivity contribution in [2.75, 3.05) is 24.6 Å². The molecular weight excluding hydrogens is 240 g/mol. The zero-order valence-electron chi connectivity index (χ0n) is 9.66. The lowest BCUT2D eigenvalue weighted by Gasteiger charge is -2.17. The van der Waals surface area contributed by atoms with Crippen LogP contribution in [0.3, 0.4) is 0 Å². The highest BCUT2D eigenvalue weighted by atomic mass is 32.2. The molecule has 0 aromatic heterocycles. The number of thioether (sulfide) groups is 1. The SMILES string of the molecule is C=CCSCCNCC(F)(F)c1ccccc1. The second kappa shape index (κ2) is 7.45. The van der Waals surface area contributed by atoms with E-state index in [1.54, 1.807) is 30.0 Å². The van der Waals surface area contributed by atoms with Gasteiger partial charge in [0, 0.05) is 23.6 Å². The fourth-order valence-corrected chi connectivity index (χ4v) is 1.96. The van der Waals surface area contributed by atoms with Gasteiger partial charge in [0.05, 0.1) is 6.54 Å². The van der Waals surface area contributed by atoms with Crippen molar-refractivity contribution >= 4 is 11.8 Å². The normalized spacial score (nSPS) is 11.4. The van der Waals surface area contributed by atoms with Crippen molar-refractivity contribution in [3.05, 3.63) is 48.6 Å². The van der Waals surface area contributed by atoms with Crippen LogP contribution in [-0.2, 0) is 5.92 Å². The molecule has 0 saturated heterocycles. The first-order valence-corrected chi connectivity index (χ1v) is 6.65. The van der Waals surface area contributed by atoms with Crippen molar-refractivity contribution in [1.82, 2.24) is 5.32 Å². The molecule has 0 fully saturated rings. The standard InChI is InChI=1S/C13H17F2NS/c1-2-9-17-10-8-16-11-13(14,15)12-6-4-3-5-7-12/h2-7,16H,1,8-11H2. The summed E-state index contributed by atoms with van der Waals surface area (Å²) in [5, 5.41) is 2.78. The first-order valence-electron chi connectivity index (χ1n) is 5.49. The van der Waals surface area contributed by atoms with Gasteiger partial charge in [0.2, 0.25) is 0 Å². The van der Waals surface area contributed by atoms with E-state index in [9.17, 15) is 8.78 Å². The number of hydrogen-bond acceptors (Lipinski definition) is 2. The number of alkyl halides is 2. The number of hydrogen-bond donors (Lipinski definition) is 1. The average Bonchev–Trinajstić information content (AvgIpc) is 2.35. The minimum absolute atomic E-state index is 0.0613. The lowest BCUT2D eigenvalue weighted by atomic mass is 10.1. The molecule has 0 aliphatic heterocycles. The van der Waals surface area contributed by atoms with Crippen LogP contribution >= 0.6 is 11.8 Å². The zero-order chi connectivity index (χ0) is 12.6. The van der Waals surface area contributed by atoms with E-state index in [4.69, 9.17) is 0 Å². The lowest BCUT2D eigenvalue weighted by molar-refractivity contribution is -0.00252. The van der Waals surface area contributed by atoms with Crippen LogP contribution in [0.2, 0.25) is 0 Å². The molecule has 1 aromatic carbocycles. The molecule has 0 saturated carbocycles. The second-order valence-corrected chi connectivity index (χ2v) is 4.76. The Morgan fingerprint density at radius 3 is 2.65 bits per heavy atom. The first-order chi connectivity index (χ1) is 8.17. The largest absolute Gasteiger partial charge is 0.310 e. The third-order valence-electron chi connectivity index (χ3n) is 2.20. The van der Waals surface area contributed by atoms with Gasteiger partial charge in [-0.25, -0.2) is 0 Å². The van der Waals surface area contributed by atoms with Gasteiger partial charge in [0.25, 0.3) is 5.92 Å². The quantitative estimate of drug-likeness (QED) is 0.566. The van der Waals surface area contributed by atoms with E-state index in [0.29, 0.717) is 6.54 Å².